The molecule has 0 atom stereocenters. The molecule has 1 aliphatic rings. The van der Waals surface area contributed by atoms with Crippen molar-refractivity contribution in [2.75, 3.05) is 25.0 Å². The highest BCUT2D eigenvalue weighted by Crippen LogP contribution is 2.10. The third-order valence-electron chi connectivity index (χ3n) is 1.91. The maximum absolute atomic E-state index is 9.62. The first-order chi connectivity index (χ1) is 5.79. The normalized spacial score (nSPS) is 20.1. The van der Waals surface area contributed by atoms with Crippen molar-refractivity contribution >= 4 is 5.95 Å². The van der Waals surface area contributed by atoms with E-state index in [1.165, 1.54) is 6.33 Å². The van der Waals surface area contributed by atoms with E-state index < -0.39 is 5.60 Å². The summed E-state index contributed by atoms with van der Waals surface area (Å²) in [5.74, 6) is 0.593. The summed E-state index contributed by atoms with van der Waals surface area (Å²) in [4.78, 5) is 3.87. The maximum Gasteiger partial charge on any atom is 0.218 e. The van der Waals surface area contributed by atoms with Gasteiger partial charge in [0, 0.05) is 19.6 Å². The molecule has 66 valence electrons. The van der Waals surface area contributed by atoms with E-state index in [-0.39, 0.29) is 0 Å². The van der Waals surface area contributed by atoms with Gasteiger partial charge < -0.3 is 15.7 Å². The van der Waals surface area contributed by atoms with Crippen LogP contribution in [0.1, 0.15) is 0 Å². The Morgan fingerprint density at radius 2 is 2.50 bits per heavy atom. The minimum absolute atomic E-state index is 0.495. The SMILES string of the molecule is OC1(CNc2ncn[nH]2)CNC1. The first-order valence-corrected chi connectivity index (χ1v) is 3.81. The van der Waals surface area contributed by atoms with E-state index in [1.54, 1.807) is 0 Å². The molecule has 1 fully saturated rings. The zero-order valence-electron chi connectivity index (χ0n) is 6.54. The van der Waals surface area contributed by atoms with Gasteiger partial charge in [-0.3, -0.25) is 0 Å². The lowest BCUT2D eigenvalue weighted by Crippen LogP contribution is -2.63. The van der Waals surface area contributed by atoms with E-state index in [0.29, 0.717) is 25.6 Å². The minimum Gasteiger partial charge on any atom is -0.385 e. The largest absolute Gasteiger partial charge is 0.385 e. The lowest BCUT2D eigenvalue weighted by Gasteiger charge is -2.37. The molecule has 0 saturated carbocycles. The maximum atomic E-state index is 9.62. The lowest BCUT2D eigenvalue weighted by molar-refractivity contribution is 0.00299. The summed E-state index contributed by atoms with van der Waals surface area (Å²) >= 11 is 0. The smallest absolute Gasteiger partial charge is 0.218 e. The van der Waals surface area contributed by atoms with Crippen LogP contribution in [0.4, 0.5) is 5.95 Å². The molecule has 12 heavy (non-hydrogen) atoms. The van der Waals surface area contributed by atoms with Gasteiger partial charge in [0.05, 0.1) is 0 Å². The van der Waals surface area contributed by atoms with Crippen LogP contribution in [0, 0.1) is 0 Å². The van der Waals surface area contributed by atoms with Gasteiger partial charge in [0.15, 0.2) is 0 Å². The molecule has 6 nitrogen and oxygen atoms in total. The highest BCUT2D eigenvalue weighted by Gasteiger charge is 2.33. The van der Waals surface area contributed by atoms with Gasteiger partial charge in [-0.15, -0.1) is 0 Å². The fraction of sp³-hybridized carbons (Fsp3) is 0.667. The van der Waals surface area contributed by atoms with Gasteiger partial charge in [0.25, 0.3) is 0 Å². The van der Waals surface area contributed by atoms with Crippen LogP contribution in [0.25, 0.3) is 0 Å². The molecular formula is C6H11N5O. The number of aromatic nitrogens is 3. The second-order valence-electron chi connectivity index (χ2n) is 3.02. The summed E-state index contributed by atoms with van der Waals surface area (Å²) in [5.41, 5.74) is -0.618. The van der Waals surface area contributed by atoms with Gasteiger partial charge in [0.2, 0.25) is 5.95 Å². The lowest BCUT2D eigenvalue weighted by atomic mass is 9.98. The Labute approximate surface area is 69.4 Å². The van der Waals surface area contributed by atoms with Crippen LogP contribution in [0.3, 0.4) is 0 Å². The van der Waals surface area contributed by atoms with Crippen molar-refractivity contribution in [1.29, 1.82) is 0 Å². The Morgan fingerprint density at radius 3 is 3.00 bits per heavy atom. The van der Waals surface area contributed by atoms with Crippen LogP contribution in [-0.4, -0.2) is 45.5 Å². The first-order valence-electron chi connectivity index (χ1n) is 3.81. The summed E-state index contributed by atoms with van der Waals surface area (Å²) in [6, 6.07) is 0. The van der Waals surface area contributed by atoms with Gasteiger partial charge in [-0.2, -0.15) is 5.10 Å². The number of nitrogens with one attached hydrogen (secondary N) is 3. The predicted octanol–water partition coefficient (Wildman–Crippen LogP) is -1.45. The van der Waals surface area contributed by atoms with Crippen molar-refractivity contribution in [3.63, 3.8) is 0 Å². The molecule has 0 amide bonds. The first kappa shape index (κ1) is 7.51. The second-order valence-corrected chi connectivity index (χ2v) is 3.02. The minimum atomic E-state index is -0.618. The monoisotopic (exact) mass is 169 g/mol. The Bertz CT molecular complexity index is 242. The average molecular weight is 169 g/mol. The number of H-pyrrole nitrogens is 1. The molecule has 0 radical (unpaired) electrons. The van der Waals surface area contributed by atoms with Crippen LogP contribution in [0.2, 0.25) is 0 Å². The molecule has 0 unspecified atom stereocenters. The zero-order chi connectivity index (χ0) is 8.44. The summed E-state index contributed by atoms with van der Waals surface area (Å²) in [5, 5.41) is 21.9. The van der Waals surface area contributed by atoms with Gasteiger partial charge in [-0.1, -0.05) is 0 Å². The highest BCUT2D eigenvalue weighted by molar-refractivity contribution is 5.22. The van der Waals surface area contributed by atoms with Crippen molar-refractivity contribution in [2.45, 2.75) is 5.60 Å². The topological polar surface area (TPSA) is 85.9 Å². The fourth-order valence-corrected chi connectivity index (χ4v) is 1.08. The number of hydrogen-bond acceptors (Lipinski definition) is 5. The van der Waals surface area contributed by atoms with E-state index in [9.17, 15) is 5.11 Å². The molecule has 0 aromatic carbocycles. The van der Waals surface area contributed by atoms with E-state index in [2.05, 4.69) is 25.8 Å². The highest BCUT2D eigenvalue weighted by atomic mass is 16.3. The van der Waals surface area contributed by atoms with Gasteiger partial charge in [-0.05, 0) is 0 Å². The zero-order valence-corrected chi connectivity index (χ0v) is 6.54. The fourth-order valence-electron chi connectivity index (χ4n) is 1.08. The van der Waals surface area contributed by atoms with Gasteiger partial charge >= 0.3 is 0 Å². The number of nitrogens with zero attached hydrogens (tertiary/aromatic N) is 2. The van der Waals surface area contributed by atoms with Crippen molar-refractivity contribution < 1.29 is 5.11 Å². The molecular weight excluding hydrogens is 158 g/mol. The molecule has 2 rings (SSSR count). The number of aromatic amines is 1. The number of rotatable bonds is 3. The molecule has 0 bridgehead atoms. The molecule has 0 spiro atoms. The number of anilines is 1. The van der Waals surface area contributed by atoms with Gasteiger partial charge in [0.1, 0.15) is 11.9 Å². The van der Waals surface area contributed by atoms with E-state index >= 15 is 0 Å². The molecule has 1 aliphatic heterocycles. The summed E-state index contributed by atoms with van der Waals surface area (Å²) in [7, 11) is 0. The van der Waals surface area contributed by atoms with Crippen LogP contribution < -0.4 is 10.6 Å². The molecule has 2 heterocycles. The second kappa shape index (κ2) is 2.72. The number of β-amino-alcohol motifs (C(OH)–C–C–N with tert-alkyl or cyclic N) is 1. The Hall–Kier alpha value is -1.14. The van der Waals surface area contributed by atoms with Crippen molar-refractivity contribution in [3.05, 3.63) is 6.33 Å². The summed E-state index contributed by atoms with van der Waals surface area (Å²) in [6.45, 7) is 1.76. The van der Waals surface area contributed by atoms with Crippen LogP contribution in [-0.2, 0) is 0 Å². The van der Waals surface area contributed by atoms with E-state index in [0.717, 1.165) is 0 Å². The number of hydrogen-bond donors (Lipinski definition) is 4. The Morgan fingerprint density at radius 1 is 1.67 bits per heavy atom. The van der Waals surface area contributed by atoms with Crippen LogP contribution >= 0.6 is 0 Å². The van der Waals surface area contributed by atoms with Gasteiger partial charge in [-0.25, -0.2) is 10.1 Å². The molecule has 1 saturated heterocycles. The van der Waals surface area contributed by atoms with Crippen molar-refractivity contribution in [1.82, 2.24) is 20.5 Å². The van der Waals surface area contributed by atoms with Crippen molar-refractivity contribution in [2.24, 2.45) is 0 Å². The summed E-state index contributed by atoms with van der Waals surface area (Å²) in [6.07, 6.45) is 1.42. The molecule has 6 heteroatoms. The Kier molecular flexibility index (Phi) is 1.70. The molecule has 0 aliphatic carbocycles. The van der Waals surface area contributed by atoms with E-state index in [1.807, 2.05) is 0 Å². The molecule has 1 aromatic rings. The third-order valence-corrected chi connectivity index (χ3v) is 1.91. The van der Waals surface area contributed by atoms with E-state index in [4.69, 9.17) is 0 Å². The standard InChI is InChI=1S/C6H11N5O/c12-6(1-7-2-6)3-8-5-9-4-10-11-5/h4,7,12H,1-3H2,(H2,8,9,10,11). The third kappa shape index (κ3) is 1.39. The van der Waals surface area contributed by atoms with Crippen molar-refractivity contribution in [3.8, 4) is 0 Å². The molecule has 4 N–H and O–H groups in total. The van der Waals surface area contributed by atoms with Crippen LogP contribution in [0.15, 0.2) is 6.33 Å². The average Bonchev–Trinajstić information content (AvgIpc) is 2.49. The predicted molar refractivity (Wildman–Crippen MR) is 42.7 cm³/mol. The Balaban J connectivity index is 1.82. The quantitative estimate of drug-likeness (QED) is 0.445. The number of aliphatic hydroxyl groups is 1. The summed E-state index contributed by atoms with van der Waals surface area (Å²) < 4.78 is 0. The molecule has 1 aromatic heterocycles. The van der Waals surface area contributed by atoms with Crippen LogP contribution in [0.5, 0.6) is 0 Å².